The zero-order chi connectivity index (χ0) is 26.1. The van der Waals surface area contributed by atoms with E-state index in [-0.39, 0.29) is 18.2 Å². The lowest BCUT2D eigenvalue weighted by Gasteiger charge is -2.29. The van der Waals surface area contributed by atoms with Crippen LogP contribution in [0.1, 0.15) is 17.2 Å². The summed E-state index contributed by atoms with van der Waals surface area (Å²) in [5.74, 6) is 0. The van der Waals surface area contributed by atoms with Gasteiger partial charge in [0, 0.05) is 68.1 Å². The van der Waals surface area contributed by atoms with Crippen LogP contribution in [0.4, 0.5) is 11.4 Å². The number of nitrogens with zero attached hydrogens (tertiary/aromatic N) is 2. The van der Waals surface area contributed by atoms with Crippen LogP contribution in [0.5, 0.6) is 0 Å². The second-order valence-corrected chi connectivity index (χ2v) is 11.5. The summed E-state index contributed by atoms with van der Waals surface area (Å²) < 4.78 is 5.48. The third kappa shape index (κ3) is 5.19. The number of hydrogen-bond donors (Lipinski definition) is 3. The van der Waals surface area contributed by atoms with Crippen LogP contribution in [0.25, 0.3) is 11.3 Å². The van der Waals surface area contributed by atoms with Crippen molar-refractivity contribution in [3.05, 3.63) is 88.5 Å². The number of rotatable bonds is 6. The highest BCUT2D eigenvalue weighted by Crippen LogP contribution is 2.52. The van der Waals surface area contributed by atoms with Crippen LogP contribution in [-0.2, 0) is 4.74 Å². The summed E-state index contributed by atoms with van der Waals surface area (Å²) in [4.78, 5) is 26.7. The largest absolute Gasteiger partial charge is 0.394 e. The van der Waals surface area contributed by atoms with Crippen LogP contribution in [-0.4, -0.2) is 48.0 Å². The van der Waals surface area contributed by atoms with E-state index in [2.05, 4.69) is 50.5 Å². The topological polar surface area (TPSA) is 90.5 Å². The summed E-state index contributed by atoms with van der Waals surface area (Å²) in [5, 5.41) is 13.5. The van der Waals surface area contributed by atoms with Crippen molar-refractivity contribution < 1.29 is 9.84 Å². The van der Waals surface area contributed by atoms with Crippen molar-refractivity contribution in [2.24, 2.45) is 0 Å². The van der Waals surface area contributed by atoms with Crippen molar-refractivity contribution in [1.29, 1.82) is 0 Å². The minimum Gasteiger partial charge on any atom is -0.394 e. The molecule has 2 aliphatic rings. The summed E-state index contributed by atoms with van der Waals surface area (Å²) in [6, 6.07) is 18.1. The van der Waals surface area contributed by atoms with E-state index in [1.807, 2.05) is 31.3 Å². The first-order valence-electron chi connectivity index (χ1n) is 12.6. The lowest BCUT2D eigenvalue weighted by atomic mass is 10.1. The van der Waals surface area contributed by atoms with Gasteiger partial charge in [0.15, 0.2) is 0 Å². The number of aryl methyl sites for hydroxylation is 1. The summed E-state index contributed by atoms with van der Waals surface area (Å²) in [6.45, 7) is 4.87. The van der Waals surface area contributed by atoms with Gasteiger partial charge >= 0.3 is 0 Å². The zero-order valence-corrected chi connectivity index (χ0v) is 22.6. The molecule has 6 rings (SSSR count). The molecule has 0 spiro atoms. The monoisotopic (exact) mass is 544 g/mol. The number of ether oxygens (including phenoxy) is 1. The van der Waals surface area contributed by atoms with E-state index < -0.39 is 0 Å². The Labute approximate surface area is 229 Å². The molecular weight excluding hydrogens is 516 g/mol. The summed E-state index contributed by atoms with van der Waals surface area (Å²) in [5.41, 5.74) is 5.62. The molecule has 4 aromatic rings. The number of aromatic amines is 1. The Morgan fingerprint density at radius 3 is 2.74 bits per heavy atom. The summed E-state index contributed by atoms with van der Waals surface area (Å²) in [6.07, 6.45) is 3.60. The predicted molar refractivity (Wildman–Crippen MR) is 153 cm³/mol. The molecule has 1 atom stereocenters. The number of fused-ring (bicyclic) bond motifs is 2. The molecule has 38 heavy (non-hydrogen) atoms. The van der Waals surface area contributed by atoms with Gasteiger partial charge in [0.1, 0.15) is 0 Å². The van der Waals surface area contributed by atoms with Crippen molar-refractivity contribution in [3.8, 4) is 11.3 Å². The van der Waals surface area contributed by atoms with Gasteiger partial charge in [-0.1, -0.05) is 41.7 Å². The van der Waals surface area contributed by atoms with Crippen molar-refractivity contribution in [3.63, 3.8) is 0 Å². The lowest BCUT2D eigenvalue weighted by molar-refractivity contribution is 0.122. The molecule has 7 nitrogen and oxygen atoms in total. The van der Waals surface area contributed by atoms with Gasteiger partial charge in [0.05, 0.1) is 31.6 Å². The van der Waals surface area contributed by atoms with Crippen LogP contribution in [0, 0.1) is 6.92 Å². The highest BCUT2D eigenvalue weighted by molar-refractivity contribution is 8.05. The third-order valence-corrected chi connectivity index (χ3v) is 9.27. The fourth-order valence-corrected chi connectivity index (χ4v) is 7.20. The smallest absolute Gasteiger partial charge is 0.250 e. The average molecular weight is 545 g/mol. The summed E-state index contributed by atoms with van der Waals surface area (Å²) in [7, 11) is 0. The number of pyridine rings is 2. The molecule has 2 aromatic carbocycles. The zero-order valence-electron chi connectivity index (χ0n) is 20.9. The normalized spacial score (nSPS) is 15.5. The molecule has 0 amide bonds. The van der Waals surface area contributed by atoms with E-state index in [9.17, 15) is 9.90 Å². The predicted octanol–water partition coefficient (Wildman–Crippen LogP) is 5.34. The molecule has 0 saturated carbocycles. The maximum Gasteiger partial charge on any atom is 0.250 e. The maximum atomic E-state index is 12.6. The van der Waals surface area contributed by atoms with Crippen LogP contribution < -0.4 is 15.8 Å². The highest BCUT2D eigenvalue weighted by Gasteiger charge is 2.23. The van der Waals surface area contributed by atoms with Gasteiger partial charge < -0.3 is 25.0 Å². The number of H-pyrrole nitrogens is 1. The van der Waals surface area contributed by atoms with Gasteiger partial charge in [-0.2, -0.15) is 0 Å². The number of anilines is 2. The first-order chi connectivity index (χ1) is 18.6. The molecule has 1 unspecified atom stereocenters. The van der Waals surface area contributed by atoms with E-state index in [0.717, 1.165) is 66.4 Å². The van der Waals surface area contributed by atoms with Crippen LogP contribution in [0.15, 0.2) is 91.4 Å². The van der Waals surface area contributed by atoms with Gasteiger partial charge in [-0.25, -0.2) is 0 Å². The molecule has 194 valence electrons. The van der Waals surface area contributed by atoms with E-state index in [1.165, 1.54) is 0 Å². The number of benzene rings is 2. The number of aliphatic hydroxyl groups is 1. The Kier molecular flexibility index (Phi) is 7.16. The number of aromatic nitrogens is 2. The van der Waals surface area contributed by atoms with Gasteiger partial charge in [-0.15, -0.1) is 0 Å². The summed E-state index contributed by atoms with van der Waals surface area (Å²) >= 11 is 3.44. The van der Waals surface area contributed by atoms with Crippen LogP contribution >= 0.6 is 23.5 Å². The number of morpholine rings is 1. The quantitative estimate of drug-likeness (QED) is 0.264. The third-order valence-electron chi connectivity index (χ3n) is 6.67. The molecule has 1 fully saturated rings. The average Bonchev–Trinajstić information content (AvgIpc) is 2.94. The Morgan fingerprint density at radius 1 is 1.05 bits per heavy atom. The molecular formula is C29H28N4O3S2. The van der Waals surface area contributed by atoms with Crippen molar-refractivity contribution in [2.75, 3.05) is 43.1 Å². The number of hydrogen-bond acceptors (Lipinski definition) is 8. The lowest BCUT2D eigenvalue weighted by Crippen LogP contribution is -2.36. The Balaban J connectivity index is 1.28. The van der Waals surface area contributed by atoms with Crippen molar-refractivity contribution in [1.82, 2.24) is 9.97 Å². The Morgan fingerprint density at radius 2 is 1.92 bits per heavy atom. The van der Waals surface area contributed by atoms with Crippen LogP contribution in [0.3, 0.4) is 0 Å². The first kappa shape index (κ1) is 25.1. The molecule has 0 aliphatic carbocycles. The van der Waals surface area contributed by atoms with Crippen LogP contribution in [0.2, 0.25) is 0 Å². The Bertz CT molecular complexity index is 1530. The minimum atomic E-state index is -0.240. The minimum absolute atomic E-state index is 0.0297. The standard InChI is InChI=1S/C29H28N4O3S2/c1-18-11-19(16-30-15-18)24(17-34)31-20-5-6-25-27(12-20)37-26-4-2-3-22(29(26)38-25)23-13-21(14-28(35)32-23)33-7-9-36-10-8-33/h2-6,11-16,24,31,34H,7-10,17H2,1H3,(H,32,35). The van der Waals surface area contributed by atoms with E-state index in [4.69, 9.17) is 4.74 Å². The second-order valence-electron chi connectivity index (χ2n) is 9.39. The number of aliphatic hydroxyl groups excluding tert-OH is 1. The second kappa shape index (κ2) is 10.9. The van der Waals surface area contributed by atoms with Crippen molar-refractivity contribution in [2.45, 2.75) is 32.5 Å². The Hall–Kier alpha value is -3.24. The fourth-order valence-electron chi connectivity index (χ4n) is 4.79. The van der Waals surface area contributed by atoms with Gasteiger partial charge in [-0.3, -0.25) is 9.78 Å². The first-order valence-corrected chi connectivity index (χ1v) is 14.2. The molecule has 2 aromatic heterocycles. The molecule has 0 bridgehead atoms. The van der Waals surface area contributed by atoms with Gasteiger partial charge in [0.2, 0.25) is 5.56 Å². The molecule has 4 heterocycles. The number of nitrogens with one attached hydrogen (secondary N) is 2. The van der Waals surface area contributed by atoms with E-state index in [0.29, 0.717) is 13.2 Å². The van der Waals surface area contributed by atoms with E-state index >= 15 is 0 Å². The van der Waals surface area contributed by atoms with E-state index in [1.54, 1.807) is 35.8 Å². The molecule has 1 saturated heterocycles. The van der Waals surface area contributed by atoms with Crippen molar-refractivity contribution >= 4 is 34.9 Å². The maximum absolute atomic E-state index is 12.6. The fraction of sp³-hybridized carbons (Fsp3) is 0.241. The van der Waals surface area contributed by atoms with Gasteiger partial charge in [-0.05, 0) is 48.4 Å². The molecule has 3 N–H and O–H groups in total. The SMILES string of the molecule is Cc1cncc(C(CO)Nc2ccc3c(c2)Sc2cccc(-c4cc(N5CCOCC5)cc(=O)[nH]4)c2S3)c1. The highest BCUT2D eigenvalue weighted by atomic mass is 32.2. The molecule has 2 aliphatic heterocycles. The molecule has 9 heteroatoms. The molecule has 0 radical (unpaired) electrons. The van der Waals surface area contributed by atoms with Gasteiger partial charge in [0.25, 0.3) is 0 Å².